The number of phenols is 1. The van der Waals surface area contributed by atoms with Crippen LogP contribution in [-0.2, 0) is 12.8 Å². The lowest BCUT2D eigenvalue weighted by Crippen LogP contribution is -2.36. The van der Waals surface area contributed by atoms with Crippen LogP contribution in [0.1, 0.15) is 102 Å². The largest absolute Gasteiger partial charge is 0.507 e. The van der Waals surface area contributed by atoms with Crippen LogP contribution in [0, 0.1) is 20.8 Å². The molecule has 1 aliphatic rings. The number of aryl methyl sites for hydroxylation is 1. The van der Waals surface area contributed by atoms with E-state index in [1.54, 1.807) is 0 Å². The molecule has 0 aliphatic carbocycles. The van der Waals surface area contributed by atoms with Gasteiger partial charge in [0.05, 0.1) is 0 Å². The Morgan fingerprint density at radius 2 is 1.50 bits per heavy atom. The lowest BCUT2D eigenvalue weighted by Gasteiger charge is -2.37. The Bertz CT molecular complexity index is 1100. The van der Waals surface area contributed by atoms with E-state index in [1.807, 2.05) is 63.5 Å². The smallest absolute Gasteiger partial charge is 0.128 e. The highest BCUT2D eigenvalue weighted by atomic mass is 16.5. The zero-order valence-electron chi connectivity index (χ0n) is 27.0. The number of rotatable bonds is 6. The molecule has 0 saturated carbocycles. The van der Waals surface area contributed by atoms with E-state index in [-0.39, 0.29) is 5.60 Å². The van der Waals surface area contributed by atoms with Gasteiger partial charge < -0.3 is 14.7 Å². The topological polar surface area (TPSA) is 58.5 Å². The Hall–Kier alpha value is -3.08. The third kappa shape index (κ3) is 10.8. The van der Waals surface area contributed by atoms with Crippen LogP contribution in [0.2, 0.25) is 0 Å². The lowest BCUT2D eigenvalue weighted by molar-refractivity contribution is 0.0598. The fourth-order valence-corrected chi connectivity index (χ4v) is 4.38. The van der Waals surface area contributed by atoms with Crippen molar-refractivity contribution in [2.24, 2.45) is 0 Å². The van der Waals surface area contributed by atoms with Crippen LogP contribution in [0.3, 0.4) is 0 Å². The second kappa shape index (κ2) is 18.3. The molecule has 5 nitrogen and oxygen atoms in total. The van der Waals surface area contributed by atoms with Crippen molar-refractivity contribution in [2.45, 2.75) is 113 Å². The molecule has 3 aromatic rings. The van der Waals surface area contributed by atoms with E-state index in [0.717, 1.165) is 66.9 Å². The fourth-order valence-electron chi connectivity index (χ4n) is 4.38. The molecular weight excluding hydrogens is 494 g/mol. The van der Waals surface area contributed by atoms with Crippen molar-refractivity contribution in [2.75, 3.05) is 18.5 Å². The van der Waals surface area contributed by atoms with Crippen LogP contribution in [0.4, 0.5) is 5.82 Å². The van der Waals surface area contributed by atoms with Gasteiger partial charge in [-0.15, -0.1) is 0 Å². The van der Waals surface area contributed by atoms with Gasteiger partial charge in [0.1, 0.15) is 22.9 Å². The molecule has 5 heteroatoms. The van der Waals surface area contributed by atoms with Crippen molar-refractivity contribution < 1.29 is 9.84 Å². The molecule has 0 bridgehead atoms. The van der Waals surface area contributed by atoms with Crippen molar-refractivity contribution >= 4 is 5.82 Å². The van der Waals surface area contributed by atoms with Gasteiger partial charge >= 0.3 is 0 Å². The van der Waals surface area contributed by atoms with Gasteiger partial charge in [-0.1, -0.05) is 59.6 Å². The van der Waals surface area contributed by atoms with Crippen molar-refractivity contribution in [1.29, 1.82) is 0 Å². The minimum atomic E-state index is -0.0480. The predicted octanol–water partition coefficient (Wildman–Crippen LogP) is 9.19. The molecule has 3 heterocycles. The summed E-state index contributed by atoms with van der Waals surface area (Å²) in [5.74, 6) is 2.49. The summed E-state index contributed by atoms with van der Waals surface area (Å²) in [5, 5.41) is 10.1. The summed E-state index contributed by atoms with van der Waals surface area (Å²) in [5.41, 5.74) is 5.36. The van der Waals surface area contributed by atoms with Gasteiger partial charge in [-0.3, -0.25) is 4.98 Å². The van der Waals surface area contributed by atoms with Crippen molar-refractivity contribution in [3.63, 3.8) is 0 Å². The average molecular weight is 550 g/mol. The number of hydrogen-bond donors (Lipinski definition) is 1. The molecule has 0 spiro atoms. The third-order valence-electron chi connectivity index (χ3n) is 7.17. The van der Waals surface area contributed by atoms with E-state index in [4.69, 9.17) is 4.74 Å². The van der Waals surface area contributed by atoms with Gasteiger partial charge in [0, 0.05) is 37.2 Å². The van der Waals surface area contributed by atoms with E-state index in [2.05, 4.69) is 69.5 Å². The molecule has 4 rings (SSSR count). The summed E-state index contributed by atoms with van der Waals surface area (Å²) in [6.07, 6.45) is 11.4. The molecule has 0 fully saturated rings. The van der Waals surface area contributed by atoms with E-state index in [1.165, 1.54) is 24.1 Å². The van der Waals surface area contributed by atoms with Crippen LogP contribution in [-0.4, -0.2) is 34.3 Å². The molecule has 222 valence electrons. The van der Waals surface area contributed by atoms with E-state index < -0.39 is 0 Å². The molecule has 1 N–H and O–H groups in total. The highest BCUT2D eigenvalue weighted by molar-refractivity contribution is 5.58. The van der Waals surface area contributed by atoms with Gasteiger partial charge in [-0.05, 0) is 101 Å². The third-order valence-corrected chi connectivity index (χ3v) is 7.17. The highest BCUT2D eigenvalue weighted by Crippen LogP contribution is 2.43. The summed E-state index contributed by atoms with van der Waals surface area (Å²) in [7, 11) is 2.06. The maximum absolute atomic E-state index is 10.1. The number of fused-ring (bicyclic) bond motifs is 1. The van der Waals surface area contributed by atoms with E-state index in [0.29, 0.717) is 5.75 Å². The van der Waals surface area contributed by atoms with E-state index in [9.17, 15) is 5.11 Å². The number of benzene rings is 1. The Morgan fingerprint density at radius 1 is 0.875 bits per heavy atom. The van der Waals surface area contributed by atoms with Crippen molar-refractivity contribution in [3.8, 4) is 11.5 Å². The average Bonchev–Trinajstić information content (AvgIpc) is 2.97. The number of aromatic nitrogens is 2. The minimum absolute atomic E-state index is 0.0480. The van der Waals surface area contributed by atoms with Crippen LogP contribution < -0.4 is 9.64 Å². The van der Waals surface area contributed by atoms with Crippen LogP contribution >= 0.6 is 0 Å². The zero-order chi connectivity index (χ0) is 30.1. The summed E-state index contributed by atoms with van der Waals surface area (Å²) >= 11 is 0. The summed E-state index contributed by atoms with van der Waals surface area (Å²) in [6, 6.07) is 12.0. The maximum Gasteiger partial charge on any atom is 0.128 e. The van der Waals surface area contributed by atoms with Crippen LogP contribution in [0.25, 0.3) is 0 Å². The first kappa shape index (κ1) is 34.9. The molecule has 1 unspecified atom stereocenters. The molecule has 0 saturated heterocycles. The second-order valence-corrected chi connectivity index (χ2v) is 10.8. The highest BCUT2D eigenvalue weighted by Gasteiger charge is 2.32. The first-order valence-corrected chi connectivity index (χ1v) is 15.1. The molecule has 1 atom stereocenters. The van der Waals surface area contributed by atoms with Gasteiger partial charge in [0.15, 0.2) is 0 Å². The monoisotopic (exact) mass is 549 g/mol. The molecule has 0 amide bonds. The Labute approximate surface area is 245 Å². The fraction of sp³-hybridized carbons (Fsp3) is 0.543. The van der Waals surface area contributed by atoms with Gasteiger partial charge in [0.25, 0.3) is 0 Å². The zero-order valence-corrected chi connectivity index (χ0v) is 27.0. The SMILES string of the molecule is CCC.CCC1(C)CCc2c(C)c(O)c(C)c(C)c2O1.CCCN(C)c1ccccn1.CCCc1ccccn1. The molecular formula is C35H55N3O2. The van der Waals surface area contributed by atoms with Crippen LogP contribution in [0.15, 0.2) is 48.8 Å². The number of phenolic OH excluding ortho intramolecular Hbond substituents is 1. The summed E-state index contributed by atoms with van der Waals surface area (Å²) in [4.78, 5) is 10.5. The molecule has 2 aromatic heterocycles. The Morgan fingerprint density at radius 3 is 2.00 bits per heavy atom. The molecule has 1 aromatic carbocycles. The lowest BCUT2D eigenvalue weighted by atomic mass is 9.86. The summed E-state index contributed by atoms with van der Waals surface area (Å²) in [6.45, 7) is 20.0. The van der Waals surface area contributed by atoms with Crippen molar-refractivity contribution in [3.05, 3.63) is 76.7 Å². The van der Waals surface area contributed by atoms with Gasteiger partial charge in [0.2, 0.25) is 0 Å². The quantitative estimate of drug-likeness (QED) is 0.332. The molecule has 0 radical (unpaired) electrons. The number of anilines is 1. The van der Waals surface area contributed by atoms with Gasteiger partial charge in [-0.25, -0.2) is 4.98 Å². The normalized spacial score (nSPS) is 15.1. The van der Waals surface area contributed by atoms with E-state index >= 15 is 0 Å². The number of pyridine rings is 2. The van der Waals surface area contributed by atoms with Gasteiger partial charge in [-0.2, -0.15) is 0 Å². The number of aromatic hydroxyl groups is 1. The second-order valence-electron chi connectivity index (χ2n) is 10.8. The first-order valence-electron chi connectivity index (χ1n) is 15.1. The van der Waals surface area contributed by atoms with Crippen LogP contribution in [0.5, 0.6) is 11.5 Å². The molecule has 1 aliphatic heterocycles. The maximum atomic E-state index is 10.1. The Balaban J connectivity index is 0.000000301. The minimum Gasteiger partial charge on any atom is -0.507 e. The predicted molar refractivity (Wildman–Crippen MR) is 172 cm³/mol. The summed E-state index contributed by atoms with van der Waals surface area (Å²) < 4.78 is 6.20. The first-order chi connectivity index (χ1) is 19.1. The number of nitrogens with zero attached hydrogens (tertiary/aromatic N) is 3. The van der Waals surface area contributed by atoms with Crippen molar-refractivity contribution in [1.82, 2.24) is 9.97 Å². The Kier molecular flexibility index (Phi) is 16.0. The molecule has 40 heavy (non-hydrogen) atoms. The number of ether oxygens (including phenoxy) is 1. The standard InChI is InChI=1S/C15H22O2.C9H14N2.C8H11N.C3H8/c1-6-15(5)8-7-12-11(4)13(16)9(2)10(3)14(12)17-15;1-3-8-11(2)9-6-4-5-7-10-9;1-2-5-8-6-3-4-7-9-8;1-3-2/h16H,6-8H2,1-5H3;4-7H,3,8H2,1-2H3;3-4,6-7H,2,5H2,1H3;3H2,1-2H3. The number of hydrogen-bond acceptors (Lipinski definition) is 5.